The molecule has 0 unspecified atom stereocenters. The van der Waals surface area contributed by atoms with E-state index in [0.29, 0.717) is 28.3 Å². The number of nitrogens with zero attached hydrogens (tertiary/aromatic N) is 1. The quantitative estimate of drug-likeness (QED) is 0.778. The van der Waals surface area contributed by atoms with Crippen LogP contribution in [0.3, 0.4) is 0 Å². The van der Waals surface area contributed by atoms with E-state index in [4.69, 9.17) is 16.3 Å². The third-order valence-corrected chi connectivity index (χ3v) is 8.54. The molecule has 2 bridgehead atoms. The molecule has 0 radical (unpaired) electrons. The number of hydrogen-bond donors (Lipinski definition) is 1. The van der Waals surface area contributed by atoms with Crippen molar-refractivity contribution in [3.63, 3.8) is 0 Å². The van der Waals surface area contributed by atoms with Crippen LogP contribution in [0, 0.1) is 11.8 Å². The van der Waals surface area contributed by atoms with Gasteiger partial charge in [0.1, 0.15) is 5.75 Å². The van der Waals surface area contributed by atoms with Gasteiger partial charge in [0, 0.05) is 11.1 Å². The minimum absolute atomic E-state index is 0.0748. The van der Waals surface area contributed by atoms with Crippen molar-refractivity contribution in [2.45, 2.75) is 42.7 Å². The number of halogens is 1. The first kappa shape index (κ1) is 19.7. The number of sulfonamides is 1. The van der Waals surface area contributed by atoms with Crippen LogP contribution in [0.15, 0.2) is 53.4 Å². The van der Waals surface area contributed by atoms with Gasteiger partial charge in [0.25, 0.3) is 15.9 Å². The molecule has 0 spiro atoms. The van der Waals surface area contributed by atoms with Gasteiger partial charge < -0.3 is 10.1 Å². The molecule has 1 amide bonds. The van der Waals surface area contributed by atoms with Crippen molar-refractivity contribution in [2.75, 3.05) is 10.8 Å². The van der Waals surface area contributed by atoms with Crippen LogP contribution in [-0.4, -0.2) is 33.0 Å². The van der Waals surface area contributed by atoms with Crippen LogP contribution >= 0.6 is 11.6 Å². The predicted octanol–water partition coefficient (Wildman–Crippen LogP) is 3.60. The SMILES string of the molecule is O=C(N[C@@H]1C[C@@H]2CC[C@@H]1C2)[C@H]1CN(S(=O)(=O)c2ccc(Cl)cc2)c2ccccc2O1. The summed E-state index contributed by atoms with van der Waals surface area (Å²) in [6.07, 6.45) is 3.68. The van der Waals surface area contributed by atoms with Crippen molar-refractivity contribution in [3.05, 3.63) is 53.6 Å². The Morgan fingerprint density at radius 3 is 2.53 bits per heavy atom. The number of hydrogen-bond acceptors (Lipinski definition) is 4. The molecule has 4 atom stereocenters. The van der Waals surface area contributed by atoms with E-state index in [9.17, 15) is 13.2 Å². The van der Waals surface area contributed by atoms with E-state index in [0.717, 1.165) is 12.8 Å². The molecule has 2 aromatic rings. The van der Waals surface area contributed by atoms with Crippen LogP contribution in [0.1, 0.15) is 25.7 Å². The largest absolute Gasteiger partial charge is 0.476 e. The molecule has 6 nitrogen and oxygen atoms in total. The van der Waals surface area contributed by atoms with E-state index in [-0.39, 0.29) is 23.4 Å². The van der Waals surface area contributed by atoms with E-state index < -0.39 is 16.1 Å². The zero-order valence-corrected chi connectivity index (χ0v) is 17.9. The third kappa shape index (κ3) is 3.44. The lowest BCUT2D eigenvalue weighted by Crippen LogP contribution is -2.53. The van der Waals surface area contributed by atoms with Gasteiger partial charge in [-0.1, -0.05) is 30.2 Å². The molecule has 2 saturated carbocycles. The number of ether oxygens (including phenoxy) is 1. The van der Waals surface area contributed by atoms with Gasteiger partial charge >= 0.3 is 0 Å². The Bertz CT molecular complexity index is 1070. The van der Waals surface area contributed by atoms with Crippen LogP contribution in [-0.2, 0) is 14.8 Å². The Balaban J connectivity index is 1.42. The smallest absolute Gasteiger partial charge is 0.264 e. The minimum Gasteiger partial charge on any atom is -0.476 e. The average Bonchev–Trinajstić information content (AvgIpc) is 3.36. The Labute approximate surface area is 181 Å². The monoisotopic (exact) mass is 446 g/mol. The highest BCUT2D eigenvalue weighted by atomic mass is 35.5. The lowest BCUT2D eigenvalue weighted by molar-refractivity contribution is -0.128. The fraction of sp³-hybridized carbons (Fsp3) is 0.409. The molecule has 1 aliphatic heterocycles. The summed E-state index contributed by atoms with van der Waals surface area (Å²) in [7, 11) is -3.88. The molecule has 0 aromatic heterocycles. The number of fused-ring (bicyclic) bond motifs is 3. The van der Waals surface area contributed by atoms with Gasteiger partial charge in [0.15, 0.2) is 6.10 Å². The molecule has 8 heteroatoms. The number of para-hydroxylation sites is 2. The van der Waals surface area contributed by atoms with Crippen LogP contribution in [0.4, 0.5) is 5.69 Å². The summed E-state index contributed by atoms with van der Waals surface area (Å²) in [5, 5.41) is 3.59. The summed E-state index contributed by atoms with van der Waals surface area (Å²) in [4.78, 5) is 13.1. The molecule has 1 heterocycles. The van der Waals surface area contributed by atoms with Crippen molar-refractivity contribution in [3.8, 4) is 5.75 Å². The lowest BCUT2D eigenvalue weighted by atomic mass is 9.95. The number of nitrogens with one attached hydrogen (secondary N) is 1. The third-order valence-electron chi connectivity index (χ3n) is 6.49. The van der Waals surface area contributed by atoms with Crippen LogP contribution in [0.2, 0.25) is 5.02 Å². The Hall–Kier alpha value is -2.25. The molecule has 3 aliphatic rings. The second-order valence-corrected chi connectivity index (χ2v) is 10.7. The fourth-order valence-electron chi connectivity index (χ4n) is 5.00. The second kappa shape index (κ2) is 7.46. The number of carbonyl (C=O) groups is 1. The minimum atomic E-state index is -3.88. The molecule has 30 heavy (non-hydrogen) atoms. The maximum Gasteiger partial charge on any atom is 0.264 e. The summed E-state index contributed by atoms with van der Waals surface area (Å²) in [5.41, 5.74) is 0.427. The first-order chi connectivity index (χ1) is 14.4. The normalized spacial score (nSPS) is 27.4. The summed E-state index contributed by atoms with van der Waals surface area (Å²) in [6.45, 7) is -0.0748. The summed E-state index contributed by atoms with van der Waals surface area (Å²) in [5.74, 6) is 1.37. The first-order valence-electron chi connectivity index (χ1n) is 10.3. The second-order valence-electron chi connectivity index (χ2n) is 8.35. The number of rotatable bonds is 4. The van der Waals surface area contributed by atoms with Crippen LogP contribution < -0.4 is 14.4 Å². The first-order valence-corrected chi connectivity index (χ1v) is 12.1. The van der Waals surface area contributed by atoms with Gasteiger partial charge in [-0.25, -0.2) is 8.42 Å². The highest BCUT2D eigenvalue weighted by Crippen LogP contribution is 2.44. The Kier molecular flexibility index (Phi) is 4.90. The van der Waals surface area contributed by atoms with Crippen molar-refractivity contribution in [1.82, 2.24) is 5.32 Å². The number of carbonyl (C=O) groups excluding carboxylic acids is 1. The van der Waals surface area contributed by atoms with Crippen molar-refractivity contribution in [1.29, 1.82) is 0 Å². The zero-order valence-electron chi connectivity index (χ0n) is 16.3. The summed E-state index contributed by atoms with van der Waals surface area (Å²) >= 11 is 5.92. The van der Waals surface area contributed by atoms with Crippen molar-refractivity contribution < 1.29 is 17.9 Å². The standard InChI is InChI=1S/C22H23ClN2O4S/c23-16-7-9-17(10-8-16)30(27,28)25-13-21(29-20-4-2-1-3-19(20)25)22(26)24-18-12-14-5-6-15(18)11-14/h1-4,7-10,14-15,18,21H,5-6,11-13H2,(H,24,26)/t14-,15-,18-,21-/m1/s1. The highest BCUT2D eigenvalue weighted by molar-refractivity contribution is 7.92. The number of anilines is 1. The predicted molar refractivity (Wildman–Crippen MR) is 114 cm³/mol. The molecule has 2 fully saturated rings. The van der Waals surface area contributed by atoms with Gasteiger partial charge in [-0.15, -0.1) is 0 Å². The van der Waals surface area contributed by atoms with E-state index in [1.165, 1.54) is 29.3 Å². The molecule has 2 aliphatic carbocycles. The Morgan fingerprint density at radius 1 is 1.07 bits per heavy atom. The van der Waals surface area contributed by atoms with Gasteiger partial charge in [-0.2, -0.15) is 0 Å². The van der Waals surface area contributed by atoms with E-state index in [1.807, 2.05) is 0 Å². The molecule has 2 aromatic carbocycles. The van der Waals surface area contributed by atoms with E-state index in [1.54, 1.807) is 36.4 Å². The lowest BCUT2D eigenvalue weighted by Gasteiger charge is -2.35. The molecule has 0 saturated heterocycles. The fourth-order valence-corrected chi connectivity index (χ4v) is 6.60. The average molecular weight is 447 g/mol. The van der Waals surface area contributed by atoms with E-state index in [2.05, 4.69) is 5.32 Å². The molecule has 1 N–H and O–H groups in total. The maximum atomic E-state index is 13.4. The Morgan fingerprint density at radius 2 is 1.83 bits per heavy atom. The maximum absolute atomic E-state index is 13.4. The van der Waals surface area contributed by atoms with Gasteiger partial charge in [0.05, 0.1) is 17.1 Å². The number of benzene rings is 2. The summed E-state index contributed by atoms with van der Waals surface area (Å²) in [6, 6.07) is 13.1. The molecule has 158 valence electrons. The van der Waals surface area contributed by atoms with Gasteiger partial charge in [-0.3, -0.25) is 9.10 Å². The van der Waals surface area contributed by atoms with Gasteiger partial charge in [-0.05, 0) is 67.5 Å². The molecular formula is C22H23ClN2O4S. The van der Waals surface area contributed by atoms with Crippen LogP contribution in [0.5, 0.6) is 5.75 Å². The number of amides is 1. The molecule has 5 rings (SSSR count). The van der Waals surface area contributed by atoms with Crippen LogP contribution in [0.25, 0.3) is 0 Å². The van der Waals surface area contributed by atoms with Gasteiger partial charge in [0.2, 0.25) is 0 Å². The topological polar surface area (TPSA) is 75.7 Å². The zero-order chi connectivity index (χ0) is 20.9. The van der Waals surface area contributed by atoms with Crippen molar-refractivity contribution >= 4 is 33.2 Å². The highest BCUT2D eigenvalue weighted by Gasteiger charge is 2.43. The van der Waals surface area contributed by atoms with E-state index >= 15 is 0 Å². The van der Waals surface area contributed by atoms with Crippen molar-refractivity contribution in [2.24, 2.45) is 11.8 Å². The molecular weight excluding hydrogens is 424 g/mol. The summed E-state index contributed by atoms with van der Waals surface area (Å²) < 4.78 is 33.9.